The number of nitro benzene ring substituents is 2. The minimum absolute atomic E-state index is 0.0274. The van der Waals surface area contributed by atoms with Crippen LogP contribution in [0.3, 0.4) is 0 Å². The summed E-state index contributed by atoms with van der Waals surface area (Å²) in [5.74, 6) is 0.0594. The van der Waals surface area contributed by atoms with Gasteiger partial charge in [-0.3, -0.25) is 24.8 Å². The summed E-state index contributed by atoms with van der Waals surface area (Å²) in [6.45, 7) is 0. The first-order valence-electron chi connectivity index (χ1n) is 7.92. The van der Waals surface area contributed by atoms with E-state index >= 15 is 0 Å². The van der Waals surface area contributed by atoms with E-state index in [4.69, 9.17) is 17.3 Å². The molecule has 29 heavy (non-hydrogen) atoms. The fraction of sp³-hybridized carbons (Fsp3) is 0. The van der Waals surface area contributed by atoms with Crippen molar-refractivity contribution >= 4 is 51.0 Å². The van der Waals surface area contributed by atoms with Crippen LogP contribution in [0.25, 0.3) is 27.9 Å². The van der Waals surface area contributed by atoms with Gasteiger partial charge in [0.2, 0.25) is 0 Å². The van der Waals surface area contributed by atoms with Gasteiger partial charge in [-0.2, -0.15) is 5.26 Å². The summed E-state index contributed by atoms with van der Waals surface area (Å²) in [7, 11) is 0. The Hall–Kier alpha value is -4.30. The zero-order valence-corrected chi connectivity index (χ0v) is 15.0. The molecule has 0 amide bonds. The quantitative estimate of drug-likeness (QED) is 0.396. The third-order valence-electron chi connectivity index (χ3n) is 4.28. The maximum Gasteiger partial charge on any atom is 0.348 e. The molecule has 0 aliphatic rings. The lowest BCUT2D eigenvalue weighted by Crippen LogP contribution is -2.02. The third kappa shape index (κ3) is 2.75. The standard InChI is InChI=1S/C17H8ClN7O4/c18-8-1-3-9(4-2-8)23-16(20)10(7-19)15-17(23)22-12-6-14(25(28)29)13(24(26)27)5-11(12)21-15/h1-6H,20H2. The maximum atomic E-state index is 11.2. The Morgan fingerprint density at radius 1 is 1.03 bits per heavy atom. The van der Waals surface area contributed by atoms with Gasteiger partial charge in [0, 0.05) is 10.7 Å². The molecule has 0 spiro atoms. The zero-order valence-electron chi connectivity index (χ0n) is 14.2. The van der Waals surface area contributed by atoms with Gasteiger partial charge in [-0.15, -0.1) is 0 Å². The average molecular weight is 410 g/mol. The molecule has 2 N–H and O–H groups in total. The second kappa shape index (κ2) is 6.39. The number of nitrogen functional groups attached to an aromatic ring is 1. The Morgan fingerprint density at radius 3 is 2.10 bits per heavy atom. The molecule has 2 aromatic heterocycles. The van der Waals surface area contributed by atoms with Gasteiger partial charge >= 0.3 is 11.4 Å². The van der Waals surface area contributed by atoms with Crippen LogP contribution >= 0.6 is 11.6 Å². The number of nitrogens with two attached hydrogens (primary N) is 1. The average Bonchev–Trinajstić information content (AvgIpc) is 2.95. The molecular formula is C17H8ClN7O4. The summed E-state index contributed by atoms with van der Waals surface area (Å²) in [5, 5.41) is 32.4. The zero-order chi connectivity index (χ0) is 20.9. The van der Waals surface area contributed by atoms with Gasteiger partial charge < -0.3 is 5.73 Å². The summed E-state index contributed by atoms with van der Waals surface area (Å²) >= 11 is 5.92. The van der Waals surface area contributed by atoms with Gasteiger partial charge in [0.05, 0.1) is 33.0 Å². The van der Waals surface area contributed by atoms with Gasteiger partial charge in [-0.25, -0.2) is 9.97 Å². The monoisotopic (exact) mass is 409 g/mol. The molecule has 0 aliphatic heterocycles. The predicted molar refractivity (Wildman–Crippen MR) is 104 cm³/mol. The predicted octanol–water partition coefficient (Wildman–Crippen LogP) is 3.50. The van der Waals surface area contributed by atoms with Crippen LogP contribution in [0.5, 0.6) is 0 Å². The van der Waals surface area contributed by atoms with Crippen LogP contribution in [0.2, 0.25) is 5.02 Å². The Balaban J connectivity index is 2.12. The molecule has 0 radical (unpaired) electrons. The highest BCUT2D eigenvalue weighted by Crippen LogP contribution is 2.34. The number of rotatable bonds is 3. The summed E-state index contributed by atoms with van der Waals surface area (Å²) in [6, 6.07) is 10.4. The third-order valence-corrected chi connectivity index (χ3v) is 4.53. The molecule has 11 nitrogen and oxygen atoms in total. The molecule has 0 unspecified atom stereocenters. The summed E-state index contributed by atoms with van der Waals surface area (Å²) < 4.78 is 1.46. The van der Waals surface area contributed by atoms with Gasteiger partial charge in [0.1, 0.15) is 23.0 Å². The van der Waals surface area contributed by atoms with E-state index in [1.165, 1.54) is 4.57 Å². The van der Waals surface area contributed by atoms with Crippen LogP contribution in [-0.4, -0.2) is 24.4 Å². The van der Waals surface area contributed by atoms with Crippen LogP contribution in [-0.2, 0) is 0 Å². The van der Waals surface area contributed by atoms with E-state index in [2.05, 4.69) is 9.97 Å². The molecule has 0 saturated carbocycles. The fourth-order valence-corrected chi connectivity index (χ4v) is 3.12. The van der Waals surface area contributed by atoms with E-state index in [0.29, 0.717) is 10.7 Å². The lowest BCUT2D eigenvalue weighted by Gasteiger charge is -2.07. The maximum absolute atomic E-state index is 11.2. The number of hydrogen-bond donors (Lipinski definition) is 1. The molecule has 4 aromatic rings. The second-order valence-corrected chi connectivity index (χ2v) is 6.36. The van der Waals surface area contributed by atoms with Crippen molar-refractivity contribution in [2.45, 2.75) is 0 Å². The number of anilines is 1. The van der Waals surface area contributed by atoms with Crippen molar-refractivity contribution in [3.8, 4) is 11.8 Å². The van der Waals surface area contributed by atoms with E-state index in [0.717, 1.165) is 12.1 Å². The van der Waals surface area contributed by atoms with E-state index in [9.17, 15) is 25.5 Å². The number of aromatic nitrogens is 3. The van der Waals surface area contributed by atoms with E-state index in [1.807, 2.05) is 6.07 Å². The number of hydrogen-bond acceptors (Lipinski definition) is 8. The highest BCUT2D eigenvalue weighted by Gasteiger charge is 2.27. The van der Waals surface area contributed by atoms with Crippen molar-refractivity contribution in [1.29, 1.82) is 5.26 Å². The molecule has 0 saturated heterocycles. The largest absolute Gasteiger partial charge is 0.384 e. The molecule has 0 aliphatic carbocycles. The molecule has 2 heterocycles. The van der Waals surface area contributed by atoms with E-state index < -0.39 is 21.2 Å². The first kappa shape index (κ1) is 18.1. The van der Waals surface area contributed by atoms with Crippen molar-refractivity contribution in [2.75, 3.05) is 5.73 Å². The first-order valence-corrected chi connectivity index (χ1v) is 8.30. The Labute approximate surface area is 165 Å². The minimum atomic E-state index is -0.873. The van der Waals surface area contributed by atoms with Crippen molar-refractivity contribution in [3.05, 3.63) is 67.2 Å². The van der Waals surface area contributed by atoms with Gasteiger partial charge in [0.25, 0.3) is 0 Å². The van der Waals surface area contributed by atoms with Crippen LogP contribution in [0.15, 0.2) is 36.4 Å². The lowest BCUT2D eigenvalue weighted by atomic mass is 10.2. The topological polar surface area (TPSA) is 167 Å². The van der Waals surface area contributed by atoms with E-state index in [1.54, 1.807) is 24.3 Å². The number of fused-ring (bicyclic) bond motifs is 2. The van der Waals surface area contributed by atoms with Crippen molar-refractivity contribution < 1.29 is 9.85 Å². The normalized spacial score (nSPS) is 10.9. The van der Waals surface area contributed by atoms with Crippen LogP contribution < -0.4 is 5.73 Å². The molecule has 0 atom stereocenters. The van der Waals surface area contributed by atoms with Gasteiger partial charge in [-0.1, -0.05) is 11.6 Å². The van der Waals surface area contributed by atoms with E-state index in [-0.39, 0.29) is 33.6 Å². The minimum Gasteiger partial charge on any atom is -0.384 e. The Morgan fingerprint density at radius 2 is 1.59 bits per heavy atom. The molecular weight excluding hydrogens is 402 g/mol. The van der Waals surface area contributed by atoms with Crippen LogP contribution in [0.1, 0.15) is 5.56 Å². The molecule has 4 rings (SSSR count). The number of nitriles is 1. The summed E-state index contributed by atoms with van der Waals surface area (Å²) in [5.41, 5.74) is 5.64. The molecule has 12 heteroatoms. The number of nitro groups is 2. The SMILES string of the molecule is N#Cc1c(N)n(-c2ccc(Cl)cc2)c2nc3cc([N+](=O)[O-])c([N+](=O)[O-])cc3nc12. The Bertz CT molecular complexity index is 1390. The van der Waals surface area contributed by atoms with Gasteiger partial charge in [-0.05, 0) is 24.3 Å². The lowest BCUT2D eigenvalue weighted by molar-refractivity contribution is -0.422. The fourth-order valence-electron chi connectivity index (χ4n) is 3.00. The molecule has 0 fully saturated rings. The van der Waals surface area contributed by atoms with Crippen LogP contribution in [0, 0.1) is 31.6 Å². The smallest absolute Gasteiger partial charge is 0.348 e. The number of nitrogens with zero attached hydrogens (tertiary/aromatic N) is 6. The summed E-state index contributed by atoms with van der Waals surface area (Å²) in [4.78, 5) is 29.3. The number of halogens is 1. The molecule has 142 valence electrons. The highest BCUT2D eigenvalue weighted by molar-refractivity contribution is 6.30. The number of benzene rings is 2. The first-order chi connectivity index (χ1) is 13.8. The van der Waals surface area contributed by atoms with Gasteiger partial charge in [0.15, 0.2) is 5.65 Å². The van der Waals surface area contributed by atoms with Crippen molar-refractivity contribution in [3.63, 3.8) is 0 Å². The van der Waals surface area contributed by atoms with Crippen LogP contribution in [0.4, 0.5) is 17.2 Å². The molecule has 0 bridgehead atoms. The van der Waals surface area contributed by atoms with Crippen molar-refractivity contribution in [2.24, 2.45) is 0 Å². The van der Waals surface area contributed by atoms with Crippen molar-refractivity contribution in [1.82, 2.24) is 14.5 Å². The molecule has 2 aromatic carbocycles. The highest BCUT2D eigenvalue weighted by atomic mass is 35.5. The Kier molecular flexibility index (Phi) is 3.99. The second-order valence-electron chi connectivity index (χ2n) is 5.92. The summed E-state index contributed by atoms with van der Waals surface area (Å²) in [6.07, 6.45) is 0.